The molecule has 0 amide bonds. The van der Waals surface area contributed by atoms with E-state index in [1.807, 2.05) is 0 Å². The molecule has 0 aromatic heterocycles. The highest BCUT2D eigenvalue weighted by molar-refractivity contribution is 7.86. The van der Waals surface area contributed by atoms with Crippen LogP contribution >= 0.6 is 0 Å². The maximum Gasteiger partial charge on any atom is 0.294 e. The molecule has 0 fully saturated rings. The number of rotatable bonds is 2. The van der Waals surface area contributed by atoms with Crippen LogP contribution < -0.4 is 11.4 Å². The third kappa shape index (κ3) is 9.70. The minimum atomic E-state index is -4.00. The van der Waals surface area contributed by atoms with Gasteiger partial charge in [-0.25, -0.2) is 5.84 Å². The fourth-order valence-corrected chi connectivity index (χ4v) is 2.19. The molecule has 0 aliphatic heterocycles. The molecular weight excluding hydrogens is 348 g/mol. The molecule has 128 valence electrons. The van der Waals surface area contributed by atoms with E-state index in [9.17, 15) is 16.8 Å². The fraction of sp³-hybridized carbons (Fsp3) is 0. The molecule has 0 saturated carbocycles. The van der Waals surface area contributed by atoms with Crippen molar-refractivity contribution in [1.29, 1.82) is 0 Å². The quantitative estimate of drug-likeness (QED) is 0.293. The summed E-state index contributed by atoms with van der Waals surface area (Å²) in [4.78, 5) is -0.148. The lowest BCUT2D eigenvalue weighted by molar-refractivity contribution is 0.169. The van der Waals surface area contributed by atoms with Crippen molar-refractivity contribution in [3.8, 4) is 0 Å². The van der Waals surface area contributed by atoms with E-state index in [1.54, 1.807) is 36.4 Å². The van der Waals surface area contributed by atoms with Gasteiger partial charge < -0.3 is 5.21 Å². The average Bonchev–Trinajstić information content (AvgIpc) is 2.49. The average molecular weight is 364 g/mol. The second kappa shape index (κ2) is 10.0. The van der Waals surface area contributed by atoms with Gasteiger partial charge in [-0.15, -0.1) is 5.59 Å². The summed E-state index contributed by atoms with van der Waals surface area (Å²) in [6, 6.07) is 14.8. The standard InChI is InChI=1S/2C6H6O3S.H4N2O/c2*7-10(8,9)6-4-2-1-3-5-6;1-2-3/h2*1-5H,(H,7,8,9);2-3H,1H2. The Bertz CT molecular complexity index is 696. The first-order valence-corrected chi connectivity index (χ1v) is 8.65. The number of benzene rings is 2. The Hall–Kier alpha value is -1.86. The van der Waals surface area contributed by atoms with Gasteiger partial charge in [0.2, 0.25) is 0 Å². The van der Waals surface area contributed by atoms with Crippen LogP contribution in [0, 0.1) is 0 Å². The summed E-state index contributed by atoms with van der Waals surface area (Å²) < 4.78 is 58.5. The lowest BCUT2D eigenvalue weighted by atomic mass is 10.4. The molecule has 2 aromatic rings. The van der Waals surface area contributed by atoms with Crippen molar-refractivity contribution in [2.75, 3.05) is 0 Å². The molecule has 0 saturated heterocycles. The highest BCUT2D eigenvalue weighted by atomic mass is 32.2. The van der Waals surface area contributed by atoms with Gasteiger partial charge in [0, 0.05) is 0 Å². The summed E-state index contributed by atoms with van der Waals surface area (Å²) in [5, 5.41) is 7.10. The Balaban J connectivity index is 0.000000360. The first-order valence-electron chi connectivity index (χ1n) is 5.77. The van der Waals surface area contributed by atoms with Crippen molar-refractivity contribution >= 4 is 20.2 Å². The minimum absolute atomic E-state index is 0.0741. The maximum absolute atomic E-state index is 10.4. The molecule has 23 heavy (non-hydrogen) atoms. The molecule has 2 rings (SSSR count). The van der Waals surface area contributed by atoms with Gasteiger partial charge in [0.25, 0.3) is 20.2 Å². The second-order valence-electron chi connectivity index (χ2n) is 3.71. The van der Waals surface area contributed by atoms with Gasteiger partial charge >= 0.3 is 0 Å². The fourth-order valence-electron chi connectivity index (χ4n) is 1.18. The summed E-state index contributed by atoms with van der Waals surface area (Å²) in [6.45, 7) is 0. The van der Waals surface area contributed by atoms with Crippen molar-refractivity contribution in [3.63, 3.8) is 0 Å². The first kappa shape index (κ1) is 21.1. The number of hydrogen-bond acceptors (Lipinski definition) is 7. The molecule has 0 aliphatic rings. The van der Waals surface area contributed by atoms with E-state index in [2.05, 4.69) is 5.84 Å². The van der Waals surface area contributed by atoms with Gasteiger partial charge in [0.05, 0.1) is 9.79 Å². The minimum Gasteiger partial charge on any atom is -0.302 e. The molecule has 2 aromatic carbocycles. The lowest BCUT2D eigenvalue weighted by Gasteiger charge is -1.92. The van der Waals surface area contributed by atoms with Crippen LogP contribution in [-0.4, -0.2) is 31.1 Å². The zero-order chi connectivity index (χ0) is 17.9. The van der Waals surface area contributed by atoms with Crippen molar-refractivity contribution in [2.45, 2.75) is 9.79 Å². The largest absolute Gasteiger partial charge is 0.302 e. The summed E-state index contributed by atoms with van der Waals surface area (Å²) >= 11 is 0. The van der Waals surface area contributed by atoms with Crippen LogP contribution in [0.1, 0.15) is 0 Å². The van der Waals surface area contributed by atoms with Gasteiger partial charge in [0.15, 0.2) is 0 Å². The van der Waals surface area contributed by atoms with Crippen LogP contribution in [0.4, 0.5) is 0 Å². The normalized spacial score (nSPS) is 10.6. The summed E-state index contributed by atoms with van der Waals surface area (Å²) in [5.74, 6) is 4.15. The summed E-state index contributed by atoms with van der Waals surface area (Å²) in [5.41, 5.74) is 1.25. The smallest absolute Gasteiger partial charge is 0.294 e. The van der Waals surface area contributed by atoms with Gasteiger partial charge in [-0.1, -0.05) is 36.4 Å². The molecule has 0 atom stereocenters. The highest BCUT2D eigenvalue weighted by Gasteiger charge is 2.06. The highest BCUT2D eigenvalue weighted by Crippen LogP contribution is 2.05. The zero-order valence-corrected chi connectivity index (χ0v) is 13.3. The lowest BCUT2D eigenvalue weighted by Crippen LogP contribution is -2.14. The van der Waals surface area contributed by atoms with Crippen molar-refractivity contribution in [1.82, 2.24) is 5.59 Å². The molecule has 9 nitrogen and oxygen atoms in total. The van der Waals surface area contributed by atoms with Crippen LogP contribution in [0.3, 0.4) is 0 Å². The topological polar surface area (TPSA) is 167 Å². The van der Waals surface area contributed by atoms with E-state index in [-0.39, 0.29) is 9.79 Å². The van der Waals surface area contributed by atoms with Crippen molar-refractivity contribution < 1.29 is 31.1 Å². The Labute approximate surface area is 133 Å². The van der Waals surface area contributed by atoms with E-state index < -0.39 is 20.2 Å². The summed E-state index contributed by atoms with van der Waals surface area (Å²) in [6.07, 6.45) is 0. The Morgan fingerprint density at radius 3 is 1.04 bits per heavy atom. The molecule has 0 bridgehead atoms. The second-order valence-corrected chi connectivity index (χ2v) is 6.55. The number of nitrogens with one attached hydrogen (secondary N) is 1. The van der Waals surface area contributed by atoms with Crippen LogP contribution in [0.15, 0.2) is 70.5 Å². The molecule has 0 aliphatic carbocycles. The van der Waals surface area contributed by atoms with E-state index in [1.165, 1.54) is 29.9 Å². The Morgan fingerprint density at radius 1 is 0.696 bits per heavy atom. The predicted octanol–water partition coefficient (Wildman–Crippen LogP) is 0.706. The number of nitrogens with two attached hydrogens (primary N) is 1. The van der Waals surface area contributed by atoms with Gasteiger partial charge in [-0.2, -0.15) is 16.8 Å². The van der Waals surface area contributed by atoms with Crippen LogP contribution in [0.2, 0.25) is 0 Å². The molecule has 0 radical (unpaired) electrons. The molecule has 6 N–H and O–H groups in total. The monoisotopic (exact) mass is 364 g/mol. The Kier molecular flexibility index (Phi) is 9.21. The predicted molar refractivity (Wildman–Crippen MR) is 81.6 cm³/mol. The van der Waals surface area contributed by atoms with Gasteiger partial charge in [0.1, 0.15) is 0 Å². The van der Waals surface area contributed by atoms with E-state index in [4.69, 9.17) is 14.3 Å². The van der Waals surface area contributed by atoms with Crippen molar-refractivity contribution in [3.05, 3.63) is 60.7 Å². The van der Waals surface area contributed by atoms with Crippen LogP contribution in [0.5, 0.6) is 0 Å². The van der Waals surface area contributed by atoms with Crippen LogP contribution in [-0.2, 0) is 20.2 Å². The molecule has 11 heteroatoms. The SMILES string of the molecule is NNO.O=S(=O)(O)c1ccccc1.O=S(=O)(O)c1ccccc1. The number of hydrazine groups is 1. The molecular formula is C12H16N2O7S2. The van der Waals surface area contributed by atoms with Gasteiger partial charge in [-0.3, -0.25) is 9.11 Å². The first-order chi connectivity index (χ1) is 10.6. The third-order valence-corrected chi connectivity index (χ3v) is 3.82. The summed E-state index contributed by atoms with van der Waals surface area (Å²) in [7, 11) is -8.01. The third-order valence-electron chi connectivity index (χ3n) is 2.08. The number of hydrogen-bond donors (Lipinski definition) is 5. The van der Waals surface area contributed by atoms with E-state index >= 15 is 0 Å². The maximum atomic E-state index is 10.4. The van der Waals surface area contributed by atoms with E-state index in [0.717, 1.165) is 0 Å². The Morgan fingerprint density at radius 2 is 0.913 bits per heavy atom. The molecule has 0 spiro atoms. The zero-order valence-electron chi connectivity index (χ0n) is 11.6. The van der Waals surface area contributed by atoms with Gasteiger partial charge in [-0.05, 0) is 24.3 Å². The van der Waals surface area contributed by atoms with Crippen LogP contribution in [0.25, 0.3) is 0 Å². The molecule has 0 unspecified atom stereocenters. The van der Waals surface area contributed by atoms with E-state index in [0.29, 0.717) is 0 Å². The van der Waals surface area contributed by atoms with Crippen molar-refractivity contribution in [2.24, 2.45) is 5.84 Å². The molecule has 0 heterocycles.